The Morgan fingerprint density at radius 1 is 0.781 bits per heavy atom. The van der Waals surface area contributed by atoms with Crippen molar-refractivity contribution >= 4 is 21.6 Å². The Bertz CT molecular complexity index is 1130. The summed E-state index contributed by atoms with van der Waals surface area (Å²) in [6.07, 6.45) is 1.00. The summed E-state index contributed by atoms with van der Waals surface area (Å²) in [5, 5.41) is 0. The van der Waals surface area contributed by atoms with Crippen molar-refractivity contribution in [2.24, 2.45) is 0 Å². The van der Waals surface area contributed by atoms with E-state index < -0.39 is 10.0 Å². The SMILES string of the molecule is O=C(c1ccc(S(=O)(=O)Nc2ccccc2)cc1)N1CCN(CCc2ccccc2)CC1. The van der Waals surface area contributed by atoms with Gasteiger partial charge in [0.25, 0.3) is 15.9 Å². The summed E-state index contributed by atoms with van der Waals surface area (Å²) in [4.78, 5) is 17.2. The molecule has 1 aliphatic rings. The molecule has 1 saturated heterocycles. The molecule has 0 aliphatic carbocycles. The molecule has 1 fully saturated rings. The average Bonchev–Trinajstić information content (AvgIpc) is 2.84. The smallest absolute Gasteiger partial charge is 0.261 e. The molecule has 4 rings (SSSR count). The van der Waals surface area contributed by atoms with E-state index in [1.807, 2.05) is 17.0 Å². The fourth-order valence-corrected chi connectivity index (χ4v) is 4.84. The number of carbonyl (C=O) groups is 1. The standard InChI is InChI=1S/C25H27N3O3S/c29-25(28-19-17-27(18-20-28)16-15-21-7-3-1-4-8-21)22-11-13-24(14-12-22)32(30,31)26-23-9-5-2-6-10-23/h1-14,26H,15-20H2. The van der Waals surface area contributed by atoms with Crippen LogP contribution in [0, 0.1) is 0 Å². The minimum Gasteiger partial charge on any atom is -0.336 e. The predicted molar refractivity (Wildman–Crippen MR) is 126 cm³/mol. The second-order valence-corrected chi connectivity index (χ2v) is 9.55. The molecule has 0 atom stereocenters. The molecule has 0 unspecified atom stereocenters. The molecule has 6 nitrogen and oxygen atoms in total. The van der Waals surface area contributed by atoms with Gasteiger partial charge in [-0.1, -0.05) is 48.5 Å². The minimum absolute atomic E-state index is 0.0623. The number of hydrogen-bond acceptors (Lipinski definition) is 4. The maximum absolute atomic E-state index is 12.9. The van der Waals surface area contributed by atoms with Crippen molar-refractivity contribution in [1.29, 1.82) is 0 Å². The third-order valence-electron chi connectivity index (χ3n) is 5.66. The molecule has 7 heteroatoms. The number of piperazine rings is 1. The van der Waals surface area contributed by atoms with Crippen LogP contribution in [0.4, 0.5) is 5.69 Å². The number of nitrogens with one attached hydrogen (secondary N) is 1. The van der Waals surface area contributed by atoms with Crippen molar-refractivity contribution in [3.63, 3.8) is 0 Å². The molecule has 1 heterocycles. The van der Waals surface area contributed by atoms with Crippen LogP contribution in [-0.2, 0) is 16.4 Å². The molecule has 166 valence electrons. The average molecular weight is 450 g/mol. The molecule has 1 amide bonds. The second kappa shape index (κ2) is 9.97. The maximum Gasteiger partial charge on any atom is 0.261 e. The Kier molecular flexibility index (Phi) is 6.87. The summed E-state index contributed by atoms with van der Waals surface area (Å²) in [7, 11) is -3.70. The number of anilines is 1. The van der Waals surface area contributed by atoms with E-state index in [1.54, 1.807) is 36.4 Å². The third-order valence-corrected chi connectivity index (χ3v) is 7.05. The van der Waals surface area contributed by atoms with Crippen molar-refractivity contribution in [3.8, 4) is 0 Å². The fourth-order valence-electron chi connectivity index (χ4n) is 3.79. The van der Waals surface area contributed by atoms with Crippen molar-refractivity contribution in [2.75, 3.05) is 37.4 Å². The van der Waals surface area contributed by atoms with Crippen LogP contribution < -0.4 is 4.72 Å². The van der Waals surface area contributed by atoms with Gasteiger partial charge in [-0.2, -0.15) is 0 Å². The van der Waals surface area contributed by atoms with Crippen molar-refractivity contribution in [2.45, 2.75) is 11.3 Å². The van der Waals surface area contributed by atoms with Gasteiger partial charge in [0.2, 0.25) is 0 Å². The van der Waals surface area contributed by atoms with E-state index in [-0.39, 0.29) is 10.8 Å². The van der Waals surface area contributed by atoms with E-state index in [1.165, 1.54) is 17.7 Å². The summed E-state index contributed by atoms with van der Waals surface area (Å²) >= 11 is 0. The second-order valence-electron chi connectivity index (χ2n) is 7.87. The zero-order valence-corrected chi connectivity index (χ0v) is 18.7. The van der Waals surface area contributed by atoms with E-state index >= 15 is 0 Å². The Balaban J connectivity index is 1.31. The number of carbonyl (C=O) groups excluding carboxylic acids is 1. The highest BCUT2D eigenvalue weighted by Crippen LogP contribution is 2.17. The molecule has 0 aromatic heterocycles. The zero-order valence-electron chi connectivity index (χ0n) is 17.9. The van der Waals surface area contributed by atoms with Crippen molar-refractivity contribution in [3.05, 3.63) is 96.1 Å². The third kappa shape index (κ3) is 5.55. The highest BCUT2D eigenvalue weighted by atomic mass is 32.2. The van der Waals surface area contributed by atoms with Gasteiger partial charge in [-0.05, 0) is 48.4 Å². The van der Waals surface area contributed by atoms with Crippen LogP contribution in [0.2, 0.25) is 0 Å². The van der Waals surface area contributed by atoms with E-state index in [0.717, 1.165) is 26.1 Å². The zero-order chi connectivity index (χ0) is 22.4. The van der Waals surface area contributed by atoms with Gasteiger partial charge in [0.05, 0.1) is 4.90 Å². The van der Waals surface area contributed by atoms with Crippen molar-refractivity contribution < 1.29 is 13.2 Å². The monoisotopic (exact) mass is 449 g/mol. The van der Waals surface area contributed by atoms with Crippen LogP contribution in [0.3, 0.4) is 0 Å². The van der Waals surface area contributed by atoms with Crippen LogP contribution in [0.5, 0.6) is 0 Å². The number of hydrogen-bond donors (Lipinski definition) is 1. The van der Waals surface area contributed by atoms with E-state index in [4.69, 9.17) is 0 Å². The topological polar surface area (TPSA) is 69.7 Å². The highest BCUT2D eigenvalue weighted by molar-refractivity contribution is 7.92. The molecule has 0 radical (unpaired) electrons. The first-order valence-electron chi connectivity index (χ1n) is 10.7. The van der Waals surface area contributed by atoms with Crippen LogP contribution in [-0.4, -0.2) is 56.8 Å². The number of para-hydroxylation sites is 1. The number of rotatable bonds is 7. The molecule has 3 aromatic rings. The molecule has 0 spiro atoms. The van der Waals surface area contributed by atoms with Crippen molar-refractivity contribution in [1.82, 2.24) is 9.80 Å². The molecular formula is C25H27N3O3S. The van der Waals surface area contributed by atoms with Crippen LogP contribution >= 0.6 is 0 Å². The van der Waals surface area contributed by atoms with Crippen LogP contribution in [0.25, 0.3) is 0 Å². The van der Waals surface area contributed by atoms with Gasteiger partial charge in [-0.3, -0.25) is 14.4 Å². The highest BCUT2D eigenvalue weighted by Gasteiger charge is 2.23. The first kappa shape index (κ1) is 22.0. The number of amides is 1. The molecule has 0 bridgehead atoms. The lowest BCUT2D eigenvalue weighted by atomic mass is 10.1. The van der Waals surface area contributed by atoms with Crippen LogP contribution in [0.15, 0.2) is 89.8 Å². The van der Waals surface area contributed by atoms with Gasteiger partial charge in [-0.25, -0.2) is 8.42 Å². The lowest BCUT2D eigenvalue weighted by molar-refractivity contribution is 0.0638. The lowest BCUT2D eigenvalue weighted by Gasteiger charge is -2.34. The quantitative estimate of drug-likeness (QED) is 0.600. The summed E-state index contributed by atoms with van der Waals surface area (Å²) in [5.74, 6) is -0.0623. The normalized spacial score (nSPS) is 14.8. The molecule has 0 saturated carbocycles. The number of benzene rings is 3. The fraction of sp³-hybridized carbons (Fsp3) is 0.240. The Morgan fingerprint density at radius 2 is 1.38 bits per heavy atom. The Morgan fingerprint density at radius 3 is 2.00 bits per heavy atom. The summed E-state index contributed by atoms with van der Waals surface area (Å²) in [5.41, 5.74) is 2.32. The first-order valence-corrected chi connectivity index (χ1v) is 12.2. The number of sulfonamides is 1. The molecular weight excluding hydrogens is 422 g/mol. The first-order chi connectivity index (χ1) is 15.5. The van der Waals surface area contributed by atoms with Gasteiger partial charge in [0.15, 0.2) is 0 Å². The molecule has 1 N–H and O–H groups in total. The Labute approximate surface area is 189 Å². The van der Waals surface area contributed by atoms with E-state index in [2.05, 4.69) is 33.9 Å². The van der Waals surface area contributed by atoms with E-state index in [9.17, 15) is 13.2 Å². The predicted octanol–water partition coefficient (Wildman–Crippen LogP) is 3.49. The summed E-state index contributed by atoms with van der Waals surface area (Å²) in [6, 6.07) is 25.3. The largest absolute Gasteiger partial charge is 0.336 e. The van der Waals surface area contributed by atoms with E-state index in [0.29, 0.717) is 24.3 Å². The lowest BCUT2D eigenvalue weighted by Crippen LogP contribution is -2.49. The Hall–Kier alpha value is -3.16. The molecule has 3 aromatic carbocycles. The van der Waals surface area contributed by atoms with Gasteiger partial charge < -0.3 is 4.90 Å². The molecule has 32 heavy (non-hydrogen) atoms. The minimum atomic E-state index is -3.70. The number of nitrogens with zero attached hydrogens (tertiary/aromatic N) is 2. The van der Waals surface area contributed by atoms with Gasteiger partial charge in [0.1, 0.15) is 0 Å². The van der Waals surface area contributed by atoms with Crippen LogP contribution in [0.1, 0.15) is 15.9 Å². The van der Waals surface area contributed by atoms with Gasteiger partial charge in [-0.15, -0.1) is 0 Å². The maximum atomic E-state index is 12.9. The summed E-state index contributed by atoms with van der Waals surface area (Å²) in [6.45, 7) is 4.00. The summed E-state index contributed by atoms with van der Waals surface area (Å²) < 4.78 is 27.7. The van der Waals surface area contributed by atoms with Gasteiger partial charge >= 0.3 is 0 Å². The van der Waals surface area contributed by atoms with Gasteiger partial charge in [0, 0.05) is 44.0 Å². The molecule has 1 aliphatic heterocycles.